The highest BCUT2D eigenvalue weighted by molar-refractivity contribution is 5.82. The maximum Gasteiger partial charge on any atom is 0.328 e. The Morgan fingerprint density at radius 1 is 1.41 bits per heavy atom. The first kappa shape index (κ1) is 13.8. The summed E-state index contributed by atoms with van der Waals surface area (Å²) in [4.78, 5) is 24.0. The van der Waals surface area contributed by atoms with Crippen LogP contribution in [0, 0.1) is 5.92 Å². The second-order valence-corrected chi connectivity index (χ2v) is 4.36. The Bertz CT molecular complexity index is 275. The van der Waals surface area contributed by atoms with Gasteiger partial charge in [-0.05, 0) is 18.8 Å². The first-order chi connectivity index (χ1) is 8.08. The number of aliphatic hydroxyl groups is 1. The van der Waals surface area contributed by atoms with E-state index in [0.717, 1.165) is 19.3 Å². The van der Waals surface area contributed by atoms with Crippen molar-refractivity contribution in [2.24, 2.45) is 5.92 Å². The zero-order chi connectivity index (χ0) is 12.8. The van der Waals surface area contributed by atoms with Crippen LogP contribution in [0.15, 0.2) is 0 Å². The second kappa shape index (κ2) is 6.44. The Labute approximate surface area is 101 Å². The van der Waals surface area contributed by atoms with Gasteiger partial charge in [-0.1, -0.05) is 13.3 Å². The Morgan fingerprint density at radius 2 is 2.00 bits per heavy atom. The van der Waals surface area contributed by atoms with Crippen LogP contribution >= 0.6 is 0 Å². The molecule has 0 spiro atoms. The molecular formula is C11H20N2O4. The number of aliphatic hydroxyl groups excluding tert-OH is 1. The molecule has 0 aromatic rings. The number of carboxylic acids is 1. The van der Waals surface area contributed by atoms with Gasteiger partial charge in [0.15, 0.2) is 6.04 Å². The van der Waals surface area contributed by atoms with Crippen LogP contribution < -0.4 is 5.32 Å². The van der Waals surface area contributed by atoms with Gasteiger partial charge in [-0.3, -0.25) is 0 Å². The van der Waals surface area contributed by atoms with Crippen molar-refractivity contribution in [2.45, 2.75) is 32.2 Å². The lowest BCUT2D eigenvalue weighted by atomic mass is 9.95. The third kappa shape index (κ3) is 3.89. The fraction of sp³-hybridized carbons (Fsp3) is 0.818. The number of carboxylic acid groups (broad SMARTS) is 1. The molecular weight excluding hydrogens is 224 g/mol. The predicted octanol–water partition coefficient (Wildman–Crippen LogP) is 0.263. The number of rotatable bonds is 4. The van der Waals surface area contributed by atoms with E-state index < -0.39 is 24.6 Å². The van der Waals surface area contributed by atoms with E-state index in [1.54, 1.807) is 4.90 Å². The van der Waals surface area contributed by atoms with E-state index in [1.165, 1.54) is 0 Å². The molecule has 1 rings (SSSR count). The molecule has 0 radical (unpaired) electrons. The van der Waals surface area contributed by atoms with Crippen molar-refractivity contribution in [3.05, 3.63) is 0 Å². The lowest BCUT2D eigenvalue weighted by molar-refractivity contribution is -0.140. The number of likely N-dealkylation sites (tertiary alicyclic amines) is 1. The van der Waals surface area contributed by atoms with Gasteiger partial charge in [0.1, 0.15) is 0 Å². The van der Waals surface area contributed by atoms with E-state index in [2.05, 4.69) is 12.2 Å². The summed E-state index contributed by atoms with van der Waals surface area (Å²) in [5.74, 6) is -0.559. The minimum Gasteiger partial charge on any atom is -0.480 e. The summed E-state index contributed by atoms with van der Waals surface area (Å²) in [6.45, 7) is 2.85. The van der Waals surface area contributed by atoms with Crippen molar-refractivity contribution in [1.82, 2.24) is 10.2 Å². The molecule has 17 heavy (non-hydrogen) atoms. The Kier molecular flexibility index (Phi) is 5.21. The lowest BCUT2D eigenvalue weighted by Gasteiger charge is -2.32. The monoisotopic (exact) mass is 244 g/mol. The van der Waals surface area contributed by atoms with Crippen molar-refractivity contribution in [1.29, 1.82) is 0 Å². The molecule has 1 fully saturated rings. The predicted molar refractivity (Wildman–Crippen MR) is 61.6 cm³/mol. The number of hydrogen-bond acceptors (Lipinski definition) is 3. The first-order valence-electron chi connectivity index (χ1n) is 5.97. The fourth-order valence-corrected chi connectivity index (χ4v) is 1.97. The van der Waals surface area contributed by atoms with Crippen LogP contribution in [0.25, 0.3) is 0 Å². The van der Waals surface area contributed by atoms with Gasteiger partial charge in [-0.2, -0.15) is 0 Å². The van der Waals surface area contributed by atoms with Crippen LogP contribution in [0.2, 0.25) is 0 Å². The van der Waals surface area contributed by atoms with Crippen molar-refractivity contribution < 1.29 is 19.8 Å². The zero-order valence-electron chi connectivity index (χ0n) is 10.1. The highest BCUT2D eigenvalue weighted by Crippen LogP contribution is 2.19. The van der Waals surface area contributed by atoms with Crippen molar-refractivity contribution in [2.75, 3.05) is 19.7 Å². The number of nitrogens with one attached hydrogen (secondary N) is 1. The number of amides is 2. The highest BCUT2D eigenvalue weighted by Gasteiger charge is 2.25. The Hall–Kier alpha value is -1.30. The Morgan fingerprint density at radius 3 is 2.41 bits per heavy atom. The number of carbonyl (C=O) groups is 2. The molecule has 0 aromatic heterocycles. The van der Waals surface area contributed by atoms with Crippen LogP contribution in [0.3, 0.4) is 0 Å². The van der Waals surface area contributed by atoms with Gasteiger partial charge in [0, 0.05) is 13.1 Å². The molecule has 1 aliphatic rings. The van der Waals surface area contributed by atoms with Gasteiger partial charge in [-0.15, -0.1) is 0 Å². The highest BCUT2D eigenvalue weighted by atomic mass is 16.4. The van der Waals surface area contributed by atoms with Crippen LogP contribution in [0.1, 0.15) is 26.2 Å². The van der Waals surface area contributed by atoms with E-state index in [-0.39, 0.29) is 0 Å². The third-order valence-corrected chi connectivity index (χ3v) is 3.26. The number of carbonyl (C=O) groups excluding carboxylic acids is 1. The maximum atomic E-state index is 11.7. The maximum absolute atomic E-state index is 11.7. The molecule has 2 amide bonds. The van der Waals surface area contributed by atoms with E-state index in [1.807, 2.05) is 0 Å². The van der Waals surface area contributed by atoms with Gasteiger partial charge >= 0.3 is 12.0 Å². The molecule has 1 atom stereocenters. The lowest BCUT2D eigenvalue weighted by Crippen LogP contribution is -2.51. The molecule has 0 aliphatic carbocycles. The van der Waals surface area contributed by atoms with E-state index in [9.17, 15) is 9.59 Å². The standard InChI is InChI=1S/C11H20N2O4/c1-2-8-3-5-13(6-4-8)11(17)12-9(7-14)10(15)16/h8-9,14H,2-7H2,1H3,(H,12,17)(H,15,16)/t9-/m1/s1. The van der Waals surface area contributed by atoms with Crippen molar-refractivity contribution in [3.8, 4) is 0 Å². The zero-order valence-corrected chi connectivity index (χ0v) is 10.1. The summed E-state index contributed by atoms with van der Waals surface area (Å²) in [7, 11) is 0. The normalized spacial score (nSPS) is 18.8. The quantitative estimate of drug-likeness (QED) is 0.662. The van der Waals surface area contributed by atoms with Crippen molar-refractivity contribution in [3.63, 3.8) is 0 Å². The number of urea groups is 1. The average Bonchev–Trinajstić information content (AvgIpc) is 2.35. The largest absolute Gasteiger partial charge is 0.480 e. The number of nitrogens with zero attached hydrogens (tertiary/aromatic N) is 1. The summed E-state index contributed by atoms with van der Waals surface area (Å²) < 4.78 is 0. The van der Waals surface area contributed by atoms with Crippen LogP contribution in [0.4, 0.5) is 4.79 Å². The van der Waals surface area contributed by atoms with Crippen molar-refractivity contribution >= 4 is 12.0 Å². The van der Waals surface area contributed by atoms with Gasteiger partial charge < -0.3 is 20.4 Å². The number of piperidine rings is 1. The summed E-state index contributed by atoms with van der Waals surface area (Å²) in [5.41, 5.74) is 0. The minimum absolute atomic E-state index is 0.402. The minimum atomic E-state index is -1.22. The van der Waals surface area contributed by atoms with E-state index in [4.69, 9.17) is 10.2 Å². The van der Waals surface area contributed by atoms with Crippen LogP contribution in [-0.2, 0) is 4.79 Å². The van der Waals surface area contributed by atoms with Gasteiger partial charge in [0.2, 0.25) is 0 Å². The molecule has 6 heteroatoms. The van der Waals surface area contributed by atoms with Crippen LogP contribution in [0.5, 0.6) is 0 Å². The molecule has 0 unspecified atom stereocenters. The second-order valence-electron chi connectivity index (χ2n) is 4.36. The molecule has 6 nitrogen and oxygen atoms in total. The molecule has 1 aliphatic heterocycles. The SMILES string of the molecule is CCC1CCN(C(=O)N[C@H](CO)C(=O)O)CC1. The Balaban J connectivity index is 2.41. The molecule has 0 aromatic carbocycles. The first-order valence-corrected chi connectivity index (χ1v) is 5.97. The van der Waals surface area contributed by atoms with Gasteiger partial charge in [0.05, 0.1) is 6.61 Å². The molecule has 0 saturated carbocycles. The average molecular weight is 244 g/mol. The van der Waals surface area contributed by atoms with E-state index in [0.29, 0.717) is 19.0 Å². The third-order valence-electron chi connectivity index (χ3n) is 3.26. The van der Waals surface area contributed by atoms with Crippen LogP contribution in [-0.4, -0.2) is 52.9 Å². The summed E-state index contributed by atoms with van der Waals surface area (Å²) in [5, 5.41) is 19.8. The van der Waals surface area contributed by atoms with Gasteiger partial charge in [-0.25, -0.2) is 9.59 Å². The summed E-state index contributed by atoms with van der Waals surface area (Å²) >= 11 is 0. The van der Waals surface area contributed by atoms with E-state index >= 15 is 0 Å². The molecule has 3 N–H and O–H groups in total. The topological polar surface area (TPSA) is 89.9 Å². The van der Waals surface area contributed by atoms with Gasteiger partial charge in [0.25, 0.3) is 0 Å². The molecule has 1 heterocycles. The fourth-order valence-electron chi connectivity index (χ4n) is 1.97. The molecule has 1 saturated heterocycles. The molecule has 0 bridgehead atoms. The summed E-state index contributed by atoms with van der Waals surface area (Å²) in [6, 6.07) is -1.62. The number of aliphatic carboxylic acids is 1. The summed E-state index contributed by atoms with van der Waals surface area (Å²) in [6.07, 6.45) is 3.03. The smallest absolute Gasteiger partial charge is 0.328 e. The molecule has 98 valence electrons. The number of hydrogen-bond donors (Lipinski definition) is 3.